The van der Waals surface area contributed by atoms with Crippen molar-refractivity contribution < 1.29 is 0 Å². The van der Waals surface area contributed by atoms with E-state index in [0.717, 1.165) is 0 Å². The molecular formula is C36H21BN2. The van der Waals surface area contributed by atoms with Crippen LogP contribution >= 0.6 is 0 Å². The molecule has 0 aliphatic carbocycles. The molecule has 0 saturated carbocycles. The van der Waals surface area contributed by atoms with Gasteiger partial charge in [-0.25, -0.2) is 0 Å². The van der Waals surface area contributed by atoms with Crippen LogP contribution in [-0.2, 0) is 0 Å². The lowest BCUT2D eigenvalue weighted by Gasteiger charge is -2.43. The van der Waals surface area contributed by atoms with Gasteiger partial charge in [-0.2, -0.15) is 0 Å². The third-order valence-electron chi connectivity index (χ3n) is 9.11. The van der Waals surface area contributed by atoms with Crippen molar-refractivity contribution in [1.82, 2.24) is 4.48 Å². The van der Waals surface area contributed by atoms with Crippen molar-refractivity contribution in [2.24, 2.45) is 0 Å². The summed E-state index contributed by atoms with van der Waals surface area (Å²) < 4.78 is 2.66. The second kappa shape index (κ2) is 6.89. The second-order valence-corrected chi connectivity index (χ2v) is 10.9. The van der Waals surface area contributed by atoms with Gasteiger partial charge in [-0.3, -0.25) is 0 Å². The van der Waals surface area contributed by atoms with Gasteiger partial charge in [0.1, 0.15) is 0 Å². The van der Waals surface area contributed by atoms with E-state index in [1.807, 2.05) is 0 Å². The molecule has 3 heteroatoms. The highest BCUT2D eigenvalue weighted by Crippen LogP contribution is 2.50. The third-order valence-corrected chi connectivity index (χ3v) is 9.11. The van der Waals surface area contributed by atoms with Crippen LogP contribution in [0.4, 0.5) is 17.1 Å². The molecule has 10 rings (SSSR count). The Bertz CT molecular complexity index is 2080. The summed E-state index contributed by atoms with van der Waals surface area (Å²) in [6.07, 6.45) is 0. The minimum absolute atomic E-state index is 0.160. The molecule has 0 spiro atoms. The number of nitrogens with zero attached hydrogens (tertiary/aromatic N) is 2. The number of rotatable bonds is 2. The lowest BCUT2D eigenvalue weighted by molar-refractivity contribution is 1.25. The molecule has 0 bridgehead atoms. The van der Waals surface area contributed by atoms with Crippen LogP contribution in [0.25, 0.3) is 55.2 Å². The van der Waals surface area contributed by atoms with Crippen molar-refractivity contribution in [2.75, 3.05) is 4.90 Å². The van der Waals surface area contributed by atoms with Gasteiger partial charge in [0, 0.05) is 49.9 Å². The Balaban J connectivity index is 1.41. The first-order valence-corrected chi connectivity index (χ1v) is 13.7. The highest BCUT2D eigenvalue weighted by atomic mass is 15.2. The summed E-state index contributed by atoms with van der Waals surface area (Å²) in [4.78, 5) is 2.52. The topological polar surface area (TPSA) is 8.17 Å². The van der Waals surface area contributed by atoms with Gasteiger partial charge in [-0.05, 0) is 45.8 Å². The summed E-state index contributed by atoms with van der Waals surface area (Å²) in [6, 6.07) is 47.1. The molecular weight excluding hydrogens is 471 g/mol. The van der Waals surface area contributed by atoms with Gasteiger partial charge in [0.2, 0.25) is 0 Å². The van der Waals surface area contributed by atoms with Crippen molar-refractivity contribution in [3.63, 3.8) is 0 Å². The Hall–Kier alpha value is -5.02. The Morgan fingerprint density at radius 3 is 1.51 bits per heavy atom. The first-order valence-electron chi connectivity index (χ1n) is 13.7. The molecule has 0 saturated heterocycles. The molecule has 0 N–H and O–H groups in total. The van der Waals surface area contributed by atoms with E-state index >= 15 is 0 Å². The normalized spacial score (nSPS) is 13.5. The van der Waals surface area contributed by atoms with Crippen molar-refractivity contribution in [2.45, 2.75) is 0 Å². The van der Waals surface area contributed by atoms with Gasteiger partial charge in [-0.15, -0.1) is 0 Å². The molecule has 1 aromatic heterocycles. The smallest absolute Gasteiger partial charge is 0.333 e. The summed E-state index contributed by atoms with van der Waals surface area (Å²) in [6.45, 7) is 0.160. The molecule has 4 heterocycles. The predicted octanol–water partition coefficient (Wildman–Crippen LogP) is 7.86. The van der Waals surface area contributed by atoms with Crippen LogP contribution < -0.4 is 15.8 Å². The first-order chi connectivity index (χ1) is 19.4. The fourth-order valence-electron chi connectivity index (χ4n) is 7.71. The number of hydrogen-bond acceptors (Lipinski definition) is 1. The van der Waals surface area contributed by atoms with E-state index in [0.29, 0.717) is 0 Å². The molecule has 6 aromatic carbocycles. The Morgan fingerprint density at radius 2 is 0.872 bits per heavy atom. The first kappa shape index (κ1) is 20.0. The van der Waals surface area contributed by atoms with Gasteiger partial charge < -0.3 is 9.38 Å². The summed E-state index contributed by atoms with van der Waals surface area (Å²) in [5.41, 5.74) is 17.2. The average Bonchev–Trinajstić information content (AvgIpc) is 3.35. The predicted molar refractivity (Wildman–Crippen MR) is 164 cm³/mol. The molecule has 2 nitrogen and oxygen atoms in total. The highest BCUT2D eigenvalue weighted by Gasteiger charge is 2.46. The average molecular weight is 492 g/mol. The van der Waals surface area contributed by atoms with Gasteiger partial charge in [0.15, 0.2) is 0 Å². The molecule has 0 fully saturated rings. The zero-order valence-corrected chi connectivity index (χ0v) is 21.1. The summed E-state index contributed by atoms with van der Waals surface area (Å²) >= 11 is 0. The number of hydrogen-bond donors (Lipinski definition) is 0. The number of benzene rings is 6. The monoisotopic (exact) mass is 492 g/mol. The van der Waals surface area contributed by atoms with Gasteiger partial charge in [0.25, 0.3) is 0 Å². The zero-order chi connectivity index (χ0) is 25.2. The molecule has 0 atom stereocenters. The van der Waals surface area contributed by atoms with Crippen LogP contribution in [0.5, 0.6) is 0 Å². The lowest BCUT2D eigenvalue weighted by Crippen LogP contribution is -2.58. The van der Waals surface area contributed by atoms with Crippen LogP contribution in [0.2, 0.25) is 0 Å². The quantitative estimate of drug-likeness (QED) is 0.223. The van der Waals surface area contributed by atoms with Gasteiger partial charge in [-0.1, -0.05) is 109 Å². The molecule has 3 aliphatic rings. The number of anilines is 3. The van der Waals surface area contributed by atoms with Crippen LogP contribution in [0.1, 0.15) is 0 Å². The van der Waals surface area contributed by atoms with E-state index in [2.05, 4.69) is 137 Å². The van der Waals surface area contributed by atoms with E-state index in [1.54, 1.807) is 0 Å². The highest BCUT2D eigenvalue weighted by molar-refractivity contribution is 6.91. The molecule has 0 amide bonds. The Kier molecular flexibility index (Phi) is 3.54. The molecule has 39 heavy (non-hydrogen) atoms. The zero-order valence-electron chi connectivity index (χ0n) is 21.1. The van der Waals surface area contributed by atoms with E-state index in [-0.39, 0.29) is 6.85 Å². The maximum absolute atomic E-state index is 2.66. The van der Waals surface area contributed by atoms with Gasteiger partial charge in [0.05, 0.1) is 5.69 Å². The molecule has 0 unspecified atom stereocenters. The van der Waals surface area contributed by atoms with E-state index in [9.17, 15) is 0 Å². The van der Waals surface area contributed by atoms with Crippen molar-refractivity contribution in [3.8, 4) is 33.4 Å². The lowest BCUT2D eigenvalue weighted by atomic mass is 9.43. The number of para-hydroxylation sites is 3. The van der Waals surface area contributed by atoms with E-state index in [1.165, 1.54) is 83.2 Å². The fraction of sp³-hybridized carbons (Fsp3) is 0. The minimum Gasteiger partial charge on any atom is -0.375 e. The Labute approximate surface area is 226 Å². The molecule has 178 valence electrons. The van der Waals surface area contributed by atoms with Crippen molar-refractivity contribution in [3.05, 3.63) is 127 Å². The van der Waals surface area contributed by atoms with Gasteiger partial charge >= 0.3 is 6.85 Å². The number of fused-ring (bicyclic) bond motifs is 3. The number of aromatic nitrogens is 1. The van der Waals surface area contributed by atoms with E-state index in [4.69, 9.17) is 0 Å². The van der Waals surface area contributed by atoms with Crippen LogP contribution in [0, 0.1) is 0 Å². The standard InChI is InChI=1S/C36H21BN2/c1-2-10-22(11-3-1)23-12-4-5-19-30(23)38-31-20-8-13-24-26-15-6-17-28-29-18-7-16-27-25-14-9-21-32(38)34(25)37(33(24)31)39(35(26)28)36(27)29/h1-21H. The Morgan fingerprint density at radius 1 is 0.385 bits per heavy atom. The van der Waals surface area contributed by atoms with Crippen LogP contribution in [-0.4, -0.2) is 11.3 Å². The third kappa shape index (κ3) is 2.27. The summed E-state index contributed by atoms with van der Waals surface area (Å²) in [7, 11) is 0. The van der Waals surface area contributed by atoms with Crippen molar-refractivity contribution in [1.29, 1.82) is 0 Å². The van der Waals surface area contributed by atoms with Crippen LogP contribution in [0.3, 0.4) is 0 Å². The van der Waals surface area contributed by atoms with E-state index < -0.39 is 0 Å². The fourth-order valence-corrected chi connectivity index (χ4v) is 7.71. The maximum atomic E-state index is 2.66. The van der Waals surface area contributed by atoms with Crippen LogP contribution in [0.15, 0.2) is 127 Å². The van der Waals surface area contributed by atoms with Crippen molar-refractivity contribution >= 4 is 56.6 Å². The largest absolute Gasteiger partial charge is 0.375 e. The summed E-state index contributed by atoms with van der Waals surface area (Å²) in [5, 5.41) is 2.71. The molecule has 7 aromatic rings. The maximum Gasteiger partial charge on any atom is 0.333 e. The molecule has 0 radical (unpaired) electrons. The SMILES string of the molecule is c1ccc(-c2ccccc2N2c3cccc4c3B3c5c(cccc52)-c2cccc5c6cccc-4c6n3c25)cc1. The summed E-state index contributed by atoms with van der Waals surface area (Å²) in [5.74, 6) is 0. The molecule has 3 aliphatic heterocycles. The minimum atomic E-state index is 0.160. The second-order valence-electron chi connectivity index (χ2n) is 10.9.